The number of hydrogen-bond acceptors (Lipinski definition) is 7. The number of carbonyl (C=O) groups excluding carboxylic acids is 3. The number of hydrogen-bond donors (Lipinski definition) is 1. The Balaban J connectivity index is 2.01. The minimum atomic E-state index is -0.952. The fourth-order valence-electron chi connectivity index (χ4n) is 2.47. The van der Waals surface area contributed by atoms with Gasteiger partial charge in [-0.2, -0.15) is 0 Å². The fraction of sp³-hybridized carbons (Fsp3) is 0.368. The molecule has 0 saturated heterocycles. The highest BCUT2D eigenvalue weighted by molar-refractivity contribution is 5.91. The van der Waals surface area contributed by atoms with Gasteiger partial charge in [0.2, 0.25) is 5.76 Å². The van der Waals surface area contributed by atoms with Crippen LogP contribution in [0, 0.1) is 5.92 Å². The van der Waals surface area contributed by atoms with Crippen LogP contribution < -0.4 is 10.7 Å². The first-order valence-electron chi connectivity index (χ1n) is 8.39. The average molecular weight is 375 g/mol. The number of carbonyl (C=O) groups is 3. The normalized spacial score (nSPS) is 11.9. The first-order chi connectivity index (χ1) is 12.8. The number of ether oxygens (including phenoxy) is 2. The quantitative estimate of drug-likeness (QED) is 0.732. The standard InChI is InChI=1S/C19H21NO7/c1-11(2)8-13(18(23)25-3)20-17(22)10-26-19(24)16-9-14(21)12-6-4-5-7-15(12)27-16/h4-7,9,11,13H,8,10H2,1-3H3,(H,20,22)/t13-/m0/s1. The first-order valence-corrected chi connectivity index (χ1v) is 8.39. The molecule has 8 nitrogen and oxygen atoms in total. The number of esters is 2. The highest BCUT2D eigenvalue weighted by Gasteiger charge is 2.23. The van der Waals surface area contributed by atoms with E-state index in [9.17, 15) is 19.2 Å². The summed E-state index contributed by atoms with van der Waals surface area (Å²) in [5.74, 6) is -2.36. The Bertz CT molecular complexity index is 900. The Kier molecular flexibility index (Phi) is 6.70. The zero-order valence-corrected chi connectivity index (χ0v) is 15.3. The second-order valence-electron chi connectivity index (χ2n) is 6.32. The van der Waals surface area contributed by atoms with Gasteiger partial charge in [0.05, 0.1) is 12.5 Å². The zero-order valence-electron chi connectivity index (χ0n) is 15.3. The van der Waals surface area contributed by atoms with Gasteiger partial charge < -0.3 is 19.2 Å². The molecule has 8 heteroatoms. The summed E-state index contributed by atoms with van der Waals surface area (Å²) in [6, 6.07) is 6.64. The van der Waals surface area contributed by atoms with E-state index in [0.717, 1.165) is 6.07 Å². The number of fused-ring (bicyclic) bond motifs is 1. The number of rotatable bonds is 7. The largest absolute Gasteiger partial charge is 0.467 e. The van der Waals surface area contributed by atoms with Crippen molar-refractivity contribution in [3.05, 3.63) is 46.3 Å². The molecule has 1 aromatic carbocycles. The maximum Gasteiger partial charge on any atom is 0.374 e. The van der Waals surface area contributed by atoms with Crippen LogP contribution in [0.15, 0.2) is 39.5 Å². The highest BCUT2D eigenvalue weighted by atomic mass is 16.5. The van der Waals surface area contributed by atoms with Crippen LogP contribution in [0.3, 0.4) is 0 Å². The lowest BCUT2D eigenvalue weighted by molar-refractivity contribution is -0.145. The molecule has 2 aromatic rings. The molecule has 0 radical (unpaired) electrons. The van der Waals surface area contributed by atoms with Gasteiger partial charge in [-0.15, -0.1) is 0 Å². The molecule has 0 aliphatic heterocycles. The SMILES string of the molecule is COC(=O)[C@H](CC(C)C)NC(=O)COC(=O)c1cc(=O)c2ccccc2o1. The monoisotopic (exact) mass is 375 g/mol. The molecular formula is C19H21NO7. The summed E-state index contributed by atoms with van der Waals surface area (Å²) in [5, 5.41) is 2.80. The zero-order chi connectivity index (χ0) is 20.0. The van der Waals surface area contributed by atoms with Crippen LogP contribution in [0.4, 0.5) is 0 Å². The molecule has 0 unspecified atom stereocenters. The lowest BCUT2D eigenvalue weighted by Crippen LogP contribution is -2.44. The molecule has 0 aliphatic rings. The fourth-order valence-corrected chi connectivity index (χ4v) is 2.47. The van der Waals surface area contributed by atoms with Gasteiger partial charge in [-0.3, -0.25) is 9.59 Å². The van der Waals surface area contributed by atoms with Crippen molar-refractivity contribution in [2.24, 2.45) is 5.92 Å². The van der Waals surface area contributed by atoms with Gasteiger partial charge in [0.25, 0.3) is 5.91 Å². The van der Waals surface area contributed by atoms with Crippen LogP contribution in [0.25, 0.3) is 11.0 Å². The molecule has 0 fully saturated rings. The summed E-state index contributed by atoms with van der Waals surface area (Å²) in [4.78, 5) is 47.8. The molecule has 1 heterocycles. The maximum absolute atomic E-state index is 12.1. The van der Waals surface area contributed by atoms with Gasteiger partial charge in [-0.05, 0) is 24.5 Å². The predicted octanol–water partition coefficient (Wildman–Crippen LogP) is 1.65. The van der Waals surface area contributed by atoms with E-state index in [1.165, 1.54) is 7.11 Å². The van der Waals surface area contributed by atoms with E-state index in [1.807, 2.05) is 13.8 Å². The number of nitrogens with one attached hydrogen (secondary N) is 1. The van der Waals surface area contributed by atoms with Gasteiger partial charge in [-0.25, -0.2) is 9.59 Å². The maximum atomic E-state index is 12.1. The summed E-state index contributed by atoms with van der Waals surface area (Å²) in [6.45, 7) is 3.16. The van der Waals surface area contributed by atoms with Crippen LogP contribution in [-0.4, -0.2) is 37.6 Å². The van der Waals surface area contributed by atoms with Crippen molar-refractivity contribution in [2.45, 2.75) is 26.3 Å². The van der Waals surface area contributed by atoms with Gasteiger partial charge in [0.1, 0.15) is 11.6 Å². The molecule has 1 aromatic heterocycles. The second kappa shape index (κ2) is 8.98. The van der Waals surface area contributed by atoms with Crippen molar-refractivity contribution in [1.82, 2.24) is 5.32 Å². The topological polar surface area (TPSA) is 112 Å². The molecule has 144 valence electrons. The smallest absolute Gasteiger partial charge is 0.374 e. The van der Waals surface area contributed by atoms with Gasteiger partial charge in [0, 0.05) is 6.07 Å². The molecule has 0 spiro atoms. The lowest BCUT2D eigenvalue weighted by Gasteiger charge is -2.18. The molecule has 1 atom stereocenters. The summed E-state index contributed by atoms with van der Waals surface area (Å²) in [7, 11) is 1.23. The van der Waals surface area contributed by atoms with Crippen LogP contribution in [-0.2, 0) is 19.1 Å². The van der Waals surface area contributed by atoms with E-state index in [2.05, 4.69) is 10.1 Å². The Hall–Kier alpha value is -3.16. The van der Waals surface area contributed by atoms with Gasteiger partial charge >= 0.3 is 11.9 Å². The third-order valence-corrected chi connectivity index (χ3v) is 3.70. The van der Waals surface area contributed by atoms with Crippen LogP contribution in [0.5, 0.6) is 0 Å². The Morgan fingerprint density at radius 3 is 2.56 bits per heavy atom. The Morgan fingerprint density at radius 2 is 1.89 bits per heavy atom. The molecule has 1 N–H and O–H groups in total. The summed E-state index contributed by atoms with van der Waals surface area (Å²) >= 11 is 0. The molecule has 2 rings (SSSR count). The van der Waals surface area contributed by atoms with Crippen molar-refractivity contribution >= 4 is 28.8 Å². The molecule has 0 bridgehead atoms. The molecule has 0 saturated carbocycles. The Morgan fingerprint density at radius 1 is 1.19 bits per heavy atom. The van der Waals surface area contributed by atoms with Gasteiger partial charge in [0.15, 0.2) is 12.0 Å². The number of amides is 1. The molecular weight excluding hydrogens is 354 g/mol. The van der Waals surface area contributed by atoms with Crippen LogP contribution >= 0.6 is 0 Å². The van der Waals surface area contributed by atoms with E-state index >= 15 is 0 Å². The lowest BCUT2D eigenvalue weighted by atomic mass is 10.0. The van der Waals surface area contributed by atoms with Crippen LogP contribution in [0.1, 0.15) is 30.8 Å². The van der Waals surface area contributed by atoms with Crippen molar-refractivity contribution < 1.29 is 28.3 Å². The van der Waals surface area contributed by atoms with Crippen molar-refractivity contribution in [3.8, 4) is 0 Å². The minimum Gasteiger partial charge on any atom is -0.467 e. The van der Waals surface area contributed by atoms with E-state index in [-0.39, 0.29) is 17.3 Å². The number of methoxy groups -OCH3 is 1. The van der Waals surface area contributed by atoms with Crippen molar-refractivity contribution in [1.29, 1.82) is 0 Å². The molecule has 0 aliphatic carbocycles. The van der Waals surface area contributed by atoms with E-state index in [0.29, 0.717) is 11.8 Å². The third kappa shape index (κ3) is 5.40. The molecule has 1 amide bonds. The second-order valence-corrected chi connectivity index (χ2v) is 6.32. The van der Waals surface area contributed by atoms with Crippen LogP contribution in [0.2, 0.25) is 0 Å². The molecule has 27 heavy (non-hydrogen) atoms. The van der Waals surface area contributed by atoms with Crippen molar-refractivity contribution in [3.63, 3.8) is 0 Å². The first kappa shape index (κ1) is 20.2. The average Bonchev–Trinajstić information content (AvgIpc) is 2.64. The van der Waals surface area contributed by atoms with Crippen molar-refractivity contribution in [2.75, 3.05) is 13.7 Å². The Labute approximate surface area is 155 Å². The summed E-state index contributed by atoms with van der Waals surface area (Å²) in [5.41, 5.74) is -0.153. The van der Waals surface area contributed by atoms with E-state index < -0.39 is 35.9 Å². The number of para-hydroxylation sites is 1. The number of benzene rings is 1. The highest BCUT2D eigenvalue weighted by Crippen LogP contribution is 2.12. The third-order valence-electron chi connectivity index (χ3n) is 3.70. The van der Waals surface area contributed by atoms with E-state index in [1.54, 1.807) is 24.3 Å². The van der Waals surface area contributed by atoms with Gasteiger partial charge in [-0.1, -0.05) is 26.0 Å². The summed E-state index contributed by atoms with van der Waals surface area (Å²) in [6.07, 6.45) is 0.381. The minimum absolute atomic E-state index is 0.142. The summed E-state index contributed by atoms with van der Waals surface area (Å²) < 4.78 is 14.9. The predicted molar refractivity (Wildman–Crippen MR) is 96.2 cm³/mol. The van der Waals surface area contributed by atoms with E-state index in [4.69, 9.17) is 9.15 Å².